The fraction of sp³-hybridized carbons (Fsp3) is 0.250. The molecule has 0 atom stereocenters. The molecule has 7 heteroatoms. The van der Waals surface area contributed by atoms with E-state index in [1.807, 2.05) is 0 Å². The molecule has 1 aromatic heterocycles. The van der Waals surface area contributed by atoms with Crippen LogP contribution in [0.25, 0.3) is 0 Å². The molecule has 2 aromatic rings. The molecule has 0 aliphatic rings. The van der Waals surface area contributed by atoms with Crippen molar-refractivity contribution in [3.8, 4) is 5.75 Å². The van der Waals surface area contributed by atoms with Crippen LogP contribution >= 0.6 is 15.9 Å². The molecular weight excluding hydrogens is 325 g/mol. The van der Waals surface area contributed by atoms with Gasteiger partial charge < -0.3 is 4.74 Å². The van der Waals surface area contributed by atoms with E-state index in [1.54, 1.807) is 25.3 Å². The van der Waals surface area contributed by atoms with Gasteiger partial charge in [-0.3, -0.25) is 4.68 Å². The Morgan fingerprint density at radius 1 is 1.32 bits per heavy atom. The average Bonchev–Trinajstić information content (AvgIpc) is 2.77. The van der Waals surface area contributed by atoms with Crippen LogP contribution in [0.2, 0.25) is 0 Å². The average molecular weight is 335 g/mol. The maximum Gasteiger partial charge on any atom is 0.435 e. The second-order valence-electron chi connectivity index (χ2n) is 3.87. The van der Waals surface area contributed by atoms with Crippen molar-refractivity contribution in [1.82, 2.24) is 9.78 Å². The molecule has 0 saturated carbocycles. The zero-order valence-corrected chi connectivity index (χ0v) is 11.5. The molecule has 0 unspecified atom stereocenters. The molecule has 2 rings (SSSR count). The summed E-state index contributed by atoms with van der Waals surface area (Å²) in [6.07, 6.45) is -3.10. The van der Waals surface area contributed by atoms with Crippen molar-refractivity contribution in [3.05, 3.63) is 46.2 Å². The summed E-state index contributed by atoms with van der Waals surface area (Å²) in [5.74, 6) is 0.667. The quantitative estimate of drug-likeness (QED) is 0.855. The first-order chi connectivity index (χ1) is 8.90. The molecule has 0 fully saturated rings. The van der Waals surface area contributed by atoms with Crippen molar-refractivity contribution < 1.29 is 17.9 Å². The van der Waals surface area contributed by atoms with Crippen molar-refractivity contribution in [2.24, 2.45) is 0 Å². The fourth-order valence-corrected chi connectivity index (χ4v) is 2.18. The lowest BCUT2D eigenvalue weighted by molar-refractivity contribution is -0.141. The first-order valence-corrected chi connectivity index (χ1v) is 6.12. The maximum absolute atomic E-state index is 12.4. The Morgan fingerprint density at radius 3 is 2.58 bits per heavy atom. The molecule has 1 aromatic carbocycles. The van der Waals surface area contributed by atoms with Crippen LogP contribution in [0.4, 0.5) is 13.2 Å². The van der Waals surface area contributed by atoms with Crippen molar-refractivity contribution in [1.29, 1.82) is 0 Å². The van der Waals surface area contributed by atoms with Crippen LogP contribution in [0.1, 0.15) is 11.3 Å². The zero-order chi connectivity index (χ0) is 14.0. The largest absolute Gasteiger partial charge is 0.496 e. The van der Waals surface area contributed by atoms with Crippen LogP contribution in [-0.2, 0) is 12.7 Å². The minimum absolute atomic E-state index is 0.263. The lowest BCUT2D eigenvalue weighted by Crippen LogP contribution is -2.08. The van der Waals surface area contributed by atoms with E-state index >= 15 is 0 Å². The number of halogens is 4. The van der Waals surface area contributed by atoms with E-state index in [0.717, 1.165) is 16.1 Å². The van der Waals surface area contributed by atoms with Gasteiger partial charge >= 0.3 is 6.18 Å². The highest BCUT2D eigenvalue weighted by Crippen LogP contribution is 2.28. The Labute approximate surface area is 116 Å². The Bertz CT molecular complexity index is 581. The van der Waals surface area contributed by atoms with Crippen LogP contribution in [0, 0.1) is 0 Å². The molecule has 3 nitrogen and oxygen atoms in total. The number of aromatic nitrogens is 2. The third-order valence-corrected chi connectivity index (χ3v) is 3.11. The standard InChI is InChI=1S/C12H10BrF3N2O/c1-19-10-3-2-8(6-9(10)13)7-18-5-4-11(17-18)12(14,15)16/h2-6H,7H2,1H3. The lowest BCUT2D eigenvalue weighted by Gasteiger charge is -2.07. The second kappa shape index (κ2) is 5.24. The highest BCUT2D eigenvalue weighted by Gasteiger charge is 2.33. The molecule has 1 heterocycles. The van der Waals surface area contributed by atoms with Crippen molar-refractivity contribution >= 4 is 15.9 Å². The van der Waals surface area contributed by atoms with E-state index in [1.165, 1.54) is 10.9 Å². The fourth-order valence-electron chi connectivity index (χ4n) is 1.60. The predicted molar refractivity (Wildman–Crippen MR) is 67.0 cm³/mol. The third kappa shape index (κ3) is 3.28. The smallest absolute Gasteiger partial charge is 0.435 e. The molecule has 0 amide bonds. The van der Waals surface area contributed by atoms with Gasteiger partial charge in [0.15, 0.2) is 5.69 Å². The van der Waals surface area contributed by atoms with Gasteiger partial charge in [0.2, 0.25) is 0 Å². The van der Waals surface area contributed by atoms with Gasteiger partial charge in [-0.1, -0.05) is 6.07 Å². The number of hydrogen-bond donors (Lipinski definition) is 0. The third-order valence-electron chi connectivity index (χ3n) is 2.49. The number of benzene rings is 1. The molecule has 0 aliphatic carbocycles. The Hall–Kier alpha value is -1.50. The monoisotopic (exact) mass is 334 g/mol. The summed E-state index contributed by atoms with van der Waals surface area (Å²) < 4.78 is 44.3. The van der Waals surface area contributed by atoms with E-state index in [-0.39, 0.29) is 6.54 Å². The lowest BCUT2D eigenvalue weighted by atomic mass is 10.2. The Balaban J connectivity index is 2.17. The molecule has 0 radical (unpaired) electrons. The van der Waals surface area contributed by atoms with Crippen molar-refractivity contribution in [2.45, 2.75) is 12.7 Å². The summed E-state index contributed by atoms with van der Waals surface area (Å²) >= 11 is 3.32. The highest BCUT2D eigenvalue weighted by molar-refractivity contribution is 9.10. The van der Waals surface area contributed by atoms with Gasteiger partial charge in [0, 0.05) is 6.20 Å². The molecule has 0 aliphatic heterocycles. The Kier molecular flexibility index (Phi) is 3.84. The van der Waals surface area contributed by atoms with Gasteiger partial charge in [-0.05, 0) is 39.7 Å². The van der Waals surface area contributed by atoms with Gasteiger partial charge in [-0.15, -0.1) is 0 Å². The summed E-state index contributed by atoms with van der Waals surface area (Å²) in [4.78, 5) is 0. The molecule has 0 N–H and O–H groups in total. The van der Waals surface area contributed by atoms with Gasteiger partial charge in [-0.2, -0.15) is 18.3 Å². The van der Waals surface area contributed by atoms with Gasteiger partial charge in [-0.25, -0.2) is 0 Å². The minimum Gasteiger partial charge on any atom is -0.496 e. The number of methoxy groups -OCH3 is 1. The van der Waals surface area contributed by atoms with E-state index in [2.05, 4.69) is 21.0 Å². The first-order valence-electron chi connectivity index (χ1n) is 5.33. The number of rotatable bonds is 3. The number of alkyl halides is 3. The second-order valence-corrected chi connectivity index (χ2v) is 4.72. The SMILES string of the molecule is COc1ccc(Cn2ccc(C(F)(F)F)n2)cc1Br. The number of ether oxygens (including phenoxy) is 1. The summed E-state index contributed by atoms with van der Waals surface area (Å²) in [5.41, 5.74) is -0.0652. The Morgan fingerprint density at radius 2 is 2.05 bits per heavy atom. The number of hydrogen-bond acceptors (Lipinski definition) is 2. The van der Waals surface area contributed by atoms with Crippen LogP contribution in [0.15, 0.2) is 34.9 Å². The van der Waals surface area contributed by atoms with E-state index < -0.39 is 11.9 Å². The van der Waals surface area contributed by atoms with Crippen molar-refractivity contribution in [3.63, 3.8) is 0 Å². The molecule has 102 valence electrons. The first kappa shape index (κ1) is 13.9. The topological polar surface area (TPSA) is 27.1 Å². The van der Waals surface area contributed by atoms with Crippen LogP contribution < -0.4 is 4.74 Å². The zero-order valence-electron chi connectivity index (χ0n) is 9.91. The van der Waals surface area contributed by atoms with Gasteiger partial charge in [0.1, 0.15) is 5.75 Å². The maximum atomic E-state index is 12.4. The van der Waals surface area contributed by atoms with Crippen LogP contribution in [-0.4, -0.2) is 16.9 Å². The summed E-state index contributed by atoms with van der Waals surface area (Å²) in [5, 5.41) is 3.49. The molecule has 0 saturated heterocycles. The van der Waals surface area contributed by atoms with Crippen LogP contribution in [0.5, 0.6) is 5.75 Å². The molecule has 0 spiro atoms. The van der Waals surface area contributed by atoms with Crippen LogP contribution in [0.3, 0.4) is 0 Å². The summed E-state index contributed by atoms with van der Waals surface area (Å²) in [7, 11) is 1.54. The van der Waals surface area contributed by atoms with E-state index in [9.17, 15) is 13.2 Å². The summed E-state index contributed by atoms with van der Waals surface area (Å²) in [6.45, 7) is 0.263. The van der Waals surface area contributed by atoms with E-state index in [0.29, 0.717) is 5.75 Å². The van der Waals surface area contributed by atoms with Gasteiger partial charge in [0.25, 0.3) is 0 Å². The molecule has 19 heavy (non-hydrogen) atoms. The predicted octanol–water partition coefficient (Wildman–Crippen LogP) is 3.72. The summed E-state index contributed by atoms with van der Waals surface area (Å²) in [6, 6.07) is 6.26. The van der Waals surface area contributed by atoms with E-state index in [4.69, 9.17) is 4.74 Å². The normalized spacial score (nSPS) is 11.6. The highest BCUT2D eigenvalue weighted by atomic mass is 79.9. The van der Waals surface area contributed by atoms with Crippen molar-refractivity contribution in [2.75, 3.05) is 7.11 Å². The minimum atomic E-state index is -4.41. The molecular formula is C12H10BrF3N2O. The molecule has 0 bridgehead atoms. The number of nitrogens with zero attached hydrogens (tertiary/aromatic N) is 2. The van der Waals surface area contributed by atoms with Gasteiger partial charge in [0.05, 0.1) is 18.1 Å².